The number of hydrogen-bond donors (Lipinski definition) is 1. The number of sulfone groups is 1. The molecule has 2 aromatic carbocycles. The molecule has 29 heavy (non-hydrogen) atoms. The normalized spacial score (nSPS) is 16.2. The molecule has 1 heterocycles. The summed E-state index contributed by atoms with van der Waals surface area (Å²) < 4.78 is 24.2. The predicted octanol–water partition coefficient (Wildman–Crippen LogP) is 1.68. The molecule has 1 aliphatic rings. The number of nitrogens with zero attached hydrogens (tertiary/aromatic N) is 2. The van der Waals surface area contributed by atoms with Crippen LogP contribution in [0.15, 0.2) is 60.7 Å². The molecule has 1 aliphatic heterocycles. The SMILES string of the molecule is NC(=O)CCS(=O)(=O)CCN1CCN(C(c2ccccc2)c2ccccc2)CC1. The molecule has 1 saturated heterocycles. The molecule has 156 valence electrons. The van der Waals surface area contributed by atoms with Gasteiger partial charge in [0.05, 0.1) is 17.5 Å². The fraction of sp³-hybridized carbons (Fsp3) is 0.409. The van der Waals surface area contributed by atoms with Gasteiger partial charge in [0.25, 0.3) is 0 Å². The zero-order valence-electron chi connectivity index (χ0n) is 16.6. The van der Waals surface area contributed by atoms with E-state index in [4.69, 9.17) is 5.73 Å². The van der Waals surface area contributed by atoms with E-state index in [2.05, 4.69) is 58.3 Å². The lowest BCUT2D eigenvalue weighted by atomic mass is 9.96. The average molecular weight is 416 g/mol. The number of hydrogen-bond acceptors (Lipinski definition) is 5. The molecule has 7 heteroatoms. The zero-order chi connectivity index (χ0) is 20.7. The maximum atomic E-state index is 12.1. The van der Waals surface area contributed by atoms with Crippen molar-refractivity contribution >= 4 is 15.7 Å². The third-order valence-electron chi connectivity index (χ3n) is 5.38. The molecule has 3 rings (SSSR count). The van der Waals surface area contributed by atoms with E-state index in [0.29, 0.717) is 6.54 Å². The lowest BCUT2D eigenvalue weighted by Gasteiger charge is -2.39. The van der Waals surface area contributed by atoms with Crippen molar-refractivity contribution in [3.05, 3.63) is 71.8 Å². The summed E-state index contributed by atoms with van der Waals surface area (Å²) in [5.41, 5.74) is 7.59. The molecule has 0 atom stereocenters. The van der Waals surface area contributed by atoms with Gasteiger partial charge in [-0.15, -0.1) is 0 Å². The Bertz CT molecular complexity index is 841. The third-order valence-corrected chi connectivity index (χ3v) is 7.01. The van der Waals surface area contributed by atoms with Crippen LogP contribution in [0.5, 0.6) is 0 Å². The highest BCUT2D eigenvalue weighted by Crippen LogP contribution is 2.29. The van der Waals surface area contributed by atoms with Gasteiger partial charge in [0, 0.05) is 39.1 Å². The Morgan fingerprint density at radius 3 is 1.86 bits per heavy atom. The van der Waals surface area contributed by atoms with Crippen molar-refractivity contribution in [2.75, 3.05) is 44.2 Å². The monoisotopic (exact) mass is 415 g/mol. The van der Waals surface area contributed by atoms with E-state index < -0.39 is 15.7 Å². The number of carbonyl (C=O) groups excluding carboxylic acids is 1. The molecule has 0 aromatic heterocycles. The first-order valence-electron chi connectivity index (χ1n) is 10.00. The van der Waals surface area contributed by atoms with Gasteiger partial charge in [0.2, 0.25) is 5.91 Å². The maximum absolute atomic E-state index is 12.1. The second kappa shape index (κ2) is 10.0. The number of rotatable bonds is 9. The lowest BCUT2D eigenvalue weighted by Crippen LogP contribution is -2.49. The second-order valence-electron chi connectivity index (χ2n) is 7.47. The van der Waals surface area contributed by atoms with Crippen LogP contribution in [-0.4, -0.2) is 68.4 Å². The molecule has 1 amide bonds. The van der Waals surface area contributed by atoms with Crippen LogP contribution >= 0.6 is 0 Å². The Morgan fingerprint density at radius 2 is 1.38 bits per heavy atom. The van der Waals surface area contributed by atoms with E-state index in [0.717, 1.165) is 26.2 Å². The van der Waals surface area contributed by atoms with Crippen LogP contribution in [0.2, 0.25) is 0 Å². The summed E-state index contributed by atoms with van der Waals surface area (Å²) in [5, 5.41) is 0. The average Bonchev–Trinajstić information content (AvgIpc) is 2.74. The van der Waals surface area contributed by atoms with Gasteiger partial charge in [0.15, 0.2) is 9.84 Å². The van der Waals surface area contributed by atoms with Crippen LogP contribution in [-0.2, 0) is 14.6 Å². The van der Waals surface area contributed by atoms with Gasteiger partial charge in [-0.25, -0.2) is 8.42 Å². The summed E-state index contributed by atoms with van der Waals surface area (Å²) in [6.45, 7) is 3.88. The fourth-order valence-electron chi connectivity index (χ4n) is 3.76. The molecule has 0 saturated carbocycles. The molecule has 0 bridgehead atoms. The summed E-state index contributed by atoms with van der Waals surface area (Å²) in [5.74, 6) is -0.664. The molecule has 0 unspecified atom stereocenters. The second-order valence-corrected chi connectivity index (χ2v) is 9.77. The first kappa shape index (κ1) is 21.5. The summed E-state index contributed by atoms with van der Waals surface area (Å²) >= 11 is 0. The van der Waals surface area contributed by atoms with Crippen LogP contribution in [0.25, 0.3) is 0 Å². The fourth-order valence-corrected chi connectivity index (χ4v) is 5.01. The minimum absolute atomic E-state index is 0.0705. The van der Waals surface area contributed by atoms with Gasteiger partial charge in [-0.2, -0.15) is 0 Å². The van der Waals surface area contributed by atoms with Crippen molar-refractivity contribution in [2.24, 2.45) is 5.73 Å². The highest BCUT2D eigenvalue weighted by Gasteiger charge is 2.26. The molecule has 2 aromatic rings. The minimum atomic E-state index is -3.25. The zero-order valence-corrected chi connectivity index (χ0v) is 17.4. The highest BCUT2D eigenvalue weighted by atomic mass is 32.2. The van der Waals surface area contributed by atoms with E-state index in [1.54, 1.807) is 0 Å². The predicted molar refractivity (Wildman–Crippen MR) is 115 cm³/mol. The van der Waals surface area contributed by atoms with Crippen LogP contribution in [0, 0.1) is 0 Å². The molecule has 2 N–H and O–H groups in total. The Labute approximate surface area is 173 Å². The van der Waals surface area contributed by atoms with Gasteiger partial charge >= 0.3 is 0 Å². The molecular weight excluding hydrogens is 386 g/mol. The summed E-state index contributed by atoms with van der Waals surface area (Å²) in [6, 6.07) is 21.2. The van der Waals surface area contributed by atoms with Crippen molar-refractivity contribution in [1.29, 1.82) is 0 Å². The van der Waals surface area contributed by atoms with Gasteiger partial charge in [0.1, 0.15) is 0 Å². The van der Waals surface area contributed by atoms with Crippen molar-refractivity contribution in [1.82, 2.24) is 9.80 Å². The van der Waals surface area contributed by atoms with Crippen LogP contribution in [0.4, 0.5) is 0 Å². The molecule has 0 aliphatic carbocycles. The summed E-state index contributed by atoms with van der Waals surface area (Å²) in [4.78, 5) is 15.5. The third kappa shape index (κ3) is 6.39. The number of carbonyl (C=O) groups is 1. The number of primary amides is 1. The maximum Gasteiger partial charge on any atom is 0.218 e. The molecular formula is C22H29N3O3S. The molecule has 1 fully saturated rings. The topological polar surface area (TPSA) is 83.7 Å². The van der Waals surface area contributed by atoms with Crippen molar-refractivity contribution in [3.63, 3.8) is 0 Å². The van der Waals surface area contributed by atoms with Crippen LogP contribution < -0.4 is 5.73 Å². The molecule has 6 nitrogen and oxygen atoms in total. The first-order chi connectivity index (χ1) is 13.9. The largest absolute Gasteiger partial charge is 0.370 e. The molecule has 0 radical (unpaired) electrons. The Hall–Kier alpha value is -2.22. The van der Waals surface area contributed by atoms with E-state index in [9.17, 15) is 13.2 Å². The summed E-state index contributed by atoms with van der Waals surface area (Å²) in [6.07, 6.45) is -0.105. The number of nitrogens with two attached hydrogens (primary N) is 1. The van der Waals surface area contributed by atoms with E-state index in [-0.39, 0.29) is 24.0 Å². The standard InChI is InChI=1S/C22H29N3O3S/c23-21(26)11-17-29(27,28)18-16-24-12-14-25(15-13-24)22(19-7-3-1-4-8-19)20-9-5-2-6-10-20/h1-10,22H,11-18H2,(H2,23,26). The quantitative estimate of drug-likeness (QED) is 0.674. The highest BCUT2D eigenvalue weighted by molar-refractivity contribution is 7.91. The van der Waals surface area contributed by atoms with Crippen molar-refractivity contribution < 1.29 is 13.2 Å². The number of benzene rings is 2. The van der Waals surface area contributed by atoms with E-state index in [1.807, 2.05) is 12.1 Å². The van der Waals surface area contributed by atoms with Gasteiger partial charge in [-0.05, 0) is 11.1 Å². The van der Waals surface area contributed by atoms with Crippen molar-refractivity contribution in [2.45, 2.75) is 12.5 Å². The minimum Gasteiger partial charge on any atom is -0.370 e. The van der Waals surface area contributed by atoms with E-state index >= 15 is 0 Å². The first-order valence-corrected chi connectivity index (χ1v) is 11.8. The van der Waals surface area contributed by atoms with E-state index in [1.165, 1.54) is 11.1 Å². The Morgan fingerprint density at radius 1 is 0.862 bits per heavy atom. The lowest BCUT2D eigenvalue weighted by molar-refractivity contribution is -0.117. The Balaban J connectivity index is 1.60. The van der Waals surface area contributed by atoms with Gasteiger partial charge in [-0.1, -0.05) is 60.7 Å². The molecule has 0 spiro atoms. The van der Waals surface area contributed by atoms with Crippen molar-refractivity contribution in [3.8, 4) is 0 Å². The number of amides is 1. The Kier molecular flexibility index (Phi) is 7.41. The smallest absolute Gasteiger partial charge is 0.218 e. The van der Waals surface area contributed by atoms with Gasteiger partial charge < -0.3 is 5.73 Å². The van der Waals surface area contributed by atoms with Crippen LogP contribution in [0.1, 0.15) is 23.6 Å². The van der Waals surface area contributed by atoms with Gasteiger partial charge in [-0.3, -0.25) is 14.6 Å². The summed E-state index contributed by atoms with van der Waals surface area (Å²) in [7, 11) is -3.25. The van der Waals surface area contributed by atoms with Crippen LogP contribution in [0.3, 0.4) is 0 Å². The number of piperazine rings is 1.